The Bertz CT molecular complexity index is 1100. The number of alkyl halides is 3. The number of non-ortho nitro benzene ring substituents is 1. The predicted octanol–water partition coefficient (Wildman–Crippen LogP) is 6.22. The average molecular weight is 535 g/mol. The minimum atomic E-state index is -5.11. The number of ether oxygens (including phenoxy) is 3. The van der Waals surface area contributed by atoms with Gasteiger partial charge in [-0.25, -0.2) is 19.0 Å². The molecule has 206 valence electrons. The molecule has 14 heteroatoms. The SMILES string of the molecule is CC(C)(C)OC(=O)N(C(=O)OC(C)(C)C)C1=N[C@](C)(c2cc([N+](=O)[O-])ccc2F)C[C@@](C)(C(F)(F)F)O1. The summed E-state index contributed by atoms with van der Waals surface area (Å²) in [5.74, 6) is -1.09. The number of carbonyl (C=O) groups excluding carboxylic acids is 2. The largest absolute Gasteiger partial charge is 0.448 e. The van der Waals surface area contributed by atoms with E-state index in [9.17, 15) is 37.3 Å². The Hall–Kier alpha value is -3.45. The van der Waals surface area contributed by atoms with Crippen LogP contribution in [0.2, 0.25) is 0 Å². The Labute approximate surface area is 210 Å². The molecule has 0 saturated carbocycles. The number of rotatable bonds is 2. The summed E-state index contributed by atoms with van der Waals surface area (Å²) in [6.07, 6.45) is -9.08. The second kappa shape index (κ2) is 9.45. The highest BCUT2D eigenvalue weighted by molar-refractivity contribution is 6.06. The van der Waals surface area contributed by atoms with Crippen molar-refractivity contribution in [2.45, 2.75) is 90.3 Å². The van der Waals surface area contributed by atoms with Gasteiger partial charge in [0, 0.05) is 24.1 Å². The van der Waals surface area contributed by atoms with Gasteiger partial charge in [0.1, 0.15) is 17.0 Å². The van der Waals surface area contributed by atoms with Crippen LogP contribution in [-0.2, 0) is 19.7 Å². The molecule has 0 saturated heterocycles. The molecule has 1 heterocycles. The molecule has 1 aliphatic heterocycles. The normalized spacial score (nSPS) is 22.4. The number of halogens is 4. The maximum Gasteiger partial charge on any atom is 0.428 e. The lowest BCUT2D eigenvalue weighted by Crippen LogP contribution is -2.58. The van der Waals surface area contributed by atoms with Gasteiger partial charge in [-0.15, -0.1) is 4.90 Å². The van der Waals surface area contributed by atoms with E-state index in [0.29, 0.717) is 13.0 Å². The number of carbonyl (C=O) groups is 2. The van der Waals surface area contributed by atoms with E-state index in [4.69, 9.17) is 14.2 Å². The number of aliphatic imine (C=N–C) groups is 1. The molecule has 10 nitrogen and oxygen atoms in total. The lowest BCUT2D eigenvalue weighted by Gasteiger charge is -2.44. The lowest BCUT2D eigenvalue weighted by atomic mass is 9.80. The van der Waals surface area contributed by atoms with Crippen LogP contribution in [0.25, 0.3) is 0 Å². The van der Waals surface area contributed by atoms with Crippen molar-refractivity contribution in [3.05, 3.63) is 39.7 Å². The fraction of sp³-hybridized carbons (Fsp3) is 0.609. The first kappa shape index (κ1) is 29.8. The summed E-state index contributed by atoms with van der Waals surface area (Å²) < 4.78 is 73.1. The zero-order valence-electron chi connectivity index (χ0n) is 21.7. The zero-order chi connectivity index (χ0) is 28.8. The molecule has 0 spiro atoms. The quantitative estimate of drug-likeness (QED) is 0.250. The molecule has 0 bridgehead atoms. The van der Waals surface area contributed by atoms with E-state index >= 15 is 0 Å². The molecule has 2 rings (SSSR count). The molecule has 1 aliphatic rings. The van der Waals surface area contributed by atoms with E-state index in [1.54, 1.807) is 0 Å². The fourth-order valence-corrected chi connectivity index (χ4v) is 3.46. The van der Waals surface area contributed by atoms with Crippen molar-refractivity contribution in [2.75, 3.05) is 0 Å². The van der Waals surface area contributed by atoms with Crippen LogP contribution < -0.4 is 0 Å². The van der Waals surface area contributed by atoms with E-state index in [-0.39, 0.29) is 4.90 Å². The molecule has 0 aromatic heterocycles. The molecule has 1 aromatic rings. The Morgan fingerprint density at radius 1 is 1.05 bits per heavy atom. The minimum absolute atomic E-state index is 0.0488. The van der Waals surface area contributed by atoms with Crippen LogP contribution in [0.15, 0.2) is 23.2 Å². The fourth-order valence-electron chi connectivity index (χ4n) is 3.46. The van der Waals surface area contributed by atoms with E-state index in [2.05, 4.69) is 4.99 Å². The first-order valence-electron chi connectivity index (χ1n) is 11.0. The number of benzene rings is 1. The van der Waals surface area contributed by atoms with Crippen LogP contribution in [-0.4, -0.2) is 51.0 Å². The van der Waals surface area contributed by atoms with Crippen molar-refractivity contribution >= 4 is 23.9 Å². The minimum Gasteiger partial charge on any atom is -0.448 e. The van der Waals surface area contributed by atoms with Gasteiger partial charge in [-0.3, -0.25) is 10.1 Å². The van der Waals surface area contributed by atoms with Crippen molar-refractivity contribution in [2.24, 2.45) is 4.99 Å². The second-order valence-electron chi connectivity index (χ2n) is 10.9. The predicted molar refractivity (Wildman–Crippen MR) is 122 cm³/mol. The van der Waals surface area contributed by atoms with Crippen LogP contribution in [0.1, 0.15) is 67.4 Å². The van der Waals surface area contributed by atoms with E-state index in [1.807, 2.05) is 0 Å². The molecular weight excluding hydrogens is 506 g/mol. The van der Waals surface area contributed by atoms with Crippen molar-refractivity contribution in [3.63, 3.8) is 0 Å². The Kier molecular flexibility index (Phi) is 7.61. The van der Waals surface area contributed by atoms with Gasteiger partial charge in [-0.05, 0) is 61.5 Å². The molecule has 1 aromatic carbocycles. The van der Waals surface area contributed by atoms with Crippen LogP contribution in [0.5, 0.6) is 0 Å². The molecule has 0 N–H and O–H groups in total. The summed E-state index contributed by atoms with van der Waals surface area (Å²) in [6.45, 7) is 10.4. The van der Waals surface area contributed by atoms with Crippen LogP contribution in [0.3, 0.4) is 0 Å². The average Bonchev–Trinajstić information content (AvgIpc) is 2.63. The number of imide groups is 1. The Morgan fingerprint density at radius 3 is 1.95 bits per heavy atom. The number of hydrogen-bond donors (Lipinski definition) is 0. The summed E-state index contributed by atoms with van der Waals surface area (Å²) in [4.78, 5) is 40.5. The lowest BCUT2D eigenvalue weighted by molar-refractivity contribution is -0.385. The number of amidine groups is 1. The summed E-state index contributed by atoms with van der Waals surface area (Å²) in [5, 5.41) is 11.3. The topological polar surface area (TPSA) is 121 Å². The molecular formula is C23H29F4N3O7. The highest BCUT2D eigenvalue weighted by atomic mass is 19.4. The summed E-state index contributed by atoms with van der Waals surface area (Å²) in [5.41, 5.74) is -8.88. The third kappa shape index (κ3) is 6.86. The number of nitro benzene ring substituents is 1. The third-order valence-electron chi connectivity index (χ3n) is 5.02. The number of hydrogen-bond acceptors (Lipinski definition) is 8. The van der Waals surface area contributed by atoms with E-state index in [0.717, 1.165) is 19.1 Å². The van der Waals surface area contributed by atoms with Gasteiger partial charge in [0.25, 0.3) is 5.69 Å². The molecule has 2 atom stereocenters. The summed E-state index contributed by atoms with van der Waals surface area (Å²) in [6, 6.07) is 1.11. The molecule has 0 aliphatic carbocycles. The smallest absolute Gasteiger partial charge is 0.428 e. The number of amides is 2. The van der Waals surface area contributed by atoms with Crippen LogP contribution >= 0.6 is 0 Å². The van der Waals surface area contributed by atoms with Crippen molar-refractivity contribution < 1.29 is 46.3 Å². The zero-order valence-corrected chi connectivity index (χ0v) is 21.7. The first-order chi connectivity index (χ1) is 16.5. The van der Waals surface area contributed by atoms with Gasteiger partial charge in [0.15, 0.2) is 0 Å². The van der Waals surface area contributed by atoms with Gasteiger partial charge >= 0.3 is 24.4 Å². The van der Waals surface area contributed by atoms with Crippen molar-refractivity contribution in [1.29, 1.82) is 0 Å². The number of nitro groups is 1. The van der Waals surface area contributed by atoms with Crippen molar-refractivity contribution in [3.8, 4) is 0 Å². The van der Waals surface area contributed by atoms with Gasteiger partial charge in [0.2, 0.25) is 5.60 Å². The standard InChI is InChI=1S/C23H29F4N3O7/c1-19(2,3)36-17(31)29(18(32)37-20(4,5)6)16-28-21(7,12-22(8,35-16)23(25,26)27)14-11-13(30(33)34)9-10-15(14)24/h9-11H,12H2,1-8H3/t21-,22-/m0/s1. The van der Waals surface area contributed by atoms with Gasteiger partial charge in [-0.2, -0.15) is 13.2 Å². The monoisotopic (exact) mass is 535 g/mol. The van der Waals surface area contributed by atoms with E-state index < -0.39 is 75.1 Å². The summed E-state index contributed by atoms with van der Waals surface area (Å²) in [7, 11) is 0. The van der Waals surface area contributed by atoms with E-state index in [1.165, 1.54) is 41.5 Å². The molecule has 2 amide bonds. The third-order valence-corrected chi connectivity index (χ3v) is 5.02. The van der Waals surface area contributed by atoms with Crippen LogP contribution in [0, 0.1) is 15.9 Å². The Balaban J connectivity index is 2.83. The Morgan fingerprint density at radius 2 is 1.54 bits per heavy atom. The van der Waals surface area contributed by atoms with Gasteiger partial charge in [0.05, 0.1) is 10.5 Å². The van der Waals surface area contributed by atoms with Gasteiger partial charge < -0.3 is 14.2 Å². The molecule has 0 fully saturated rings. The maximum atomic E-state index is 14.9. The molecule has 0 unspecified atom stereocenters. The van der Waals surface area contributed by atoms with Crippen LogP contribution in [0.4, 0.5) is 32.8 Å². The molecule has 37 heavy (non-hydrogen) atoms. The second-order valence-corrected chi connectivity index (χ2v) is 10.9. The number of nitrogens with zero attached hydrogens (tertiary/aromatic N) is 3. The van der Waals surface area contributed by atoms with Crippen molar-refractivity contribution in [1.82, 2.24) is 4.90 Å². The maximum absolute atomic E-state index is 14.9. The van der Waals surface area contributed by atoms with Gasteiger partial charge in [-0.1, -0.05) is 0 Å². The highest BCUT2D eigenvalue weighted by Gasteiger charge is 2.61. The first-order valence-corrected chi connectivity index (χ1v) is 11.0. The highest BCUT2D eigenvalue weighted by Crippen LogP contribution is 2.48. The molecule has 0 radical (unpaired) electrons. The summed E-state index contributed by atoms with van der Waals surface area (Å²) >= 11 is 0.